The maximum absolute atomic E-state index is 13.0. The second kappa shape index (κ2) is 9.77. The summed E-state index contributed by atoms with van der Waals surface area (Å²) in [4.78, 5) is 17.8. The molecule has 1 aliphatic rings. The quantitative estimate of drug-likeness (QED) is 0.576. The summed E-state index contributed by atoms with van der Waals surface area (Å²) in [5.74, 6) is 1.53. The zero-order valence-electron chi connectivity index (χ0n) is 18.2. The van der Waals surface area contributed by atoms with Crippen LogP contribution >= 0.6 is 0 Å². The molecule has 2 heterocycles. The predicted octanol–water partition coefficient (Wildman–Crippen LogP) is 4.79. The third-order valence-electron chi connectivity index (χ3n) is 5.84. The van der Waals surface area contributed by atoms with Crippen molar-refractivity contribution in [1.82, 2.24) is 9.72 Å². The van der Waals surface area contributed by atoms with Gasteiger partial charge in [0.25, 0.3) is 0 Å². The van der Waals surface area contributed by atoms with Crippen molar-refractivity contribution < 1.29 is 14.1 Å². The van der Waals surface area contributed by atoms with Crippen LogP contribution in [-0.2, 0) is 13.0 Å². The summed E-state index contributed by atoms with van der Waals surface area (Å²) in [6.45, 7) is 4.19. The molecular formula is C25H29N3O3. The third-order valence-corrected chi connectivity index (χ3v) is 5.84. The molecule has 0 saturated heterocycles. The van der Waals surface area contributed by atoms with Gasteiger partial charge in [-0.05, 0) is 56.5 Å². The first-order valence-corrected chi connectivity index (χ1v) is 11.0. The molecule has 0 radical (unpaired) electrons. The molecule has 31 heavy (non-hydrogen) atoms. The van der Waals surface area contributed by atoms with Gasteiger partial charge >= 0.3 is 0 Å². The second-order valence-corrected chi connectivity index (χ2v) is 8.16. The summed E-state index contributed by atoms with van der Waals surface area (Å²) < 4.78 is 12.7. The lowest BCUT2D eigenvalue weighted by molar-refractivity contribution is 0.0908. The molecule has 2 aromatic heterocycles. The summed E-state index contributed by atoms with van der Waals surface area (Å²) >= 11 is 0. The molecule has 1 aliphatic carbocycles. The number of hydrogen-bond acceptors (Lipinski definition) is 5. The van der Waals surface area contributed by atoms with Crippen molar-refractivity contribution in [2.45, 2.75) is 65.0 Å². The van der Waals surface area contributed by atoms with Crippen molar-refractivity contribution in [3.05, 3.63) is 76.7 Å². The molecule has 6 nitrogen and oxygen atoms in total. The minimum Gasteiger partial charge on any atom is -0.489 e. The Bertz CT molecular complexity index is 1070. The standard InChI is InChI=1S/C25H29N3O3/c1-18-23(19(2)31-27-18)17-30-22-13-11-20(12-14-22)16-25(29)28-15-7-6-10-24(28)26-21-8-4-3-5-9-21/h6-7,10-15,21H,3-5,8-9,16-17H2,1-2H3. The fourth-order valence-corrected chi connectivity index (χ4v) is 3.97. The van der Waals surface area contributed by atoms with Crippen LogP contribution in [0.3, 0.4) is 0 Å². The molecule has 0 unspecified atom stereocenters. The summed E-state index contributed by atoms with van der Waals surface area (Å²) in [7, 11) is 0. The Morgan fingerprint density at radius 1 is 1.13 bits per heavy atom. The average Bonchev–Trinajstić information content (AvgIpc) is 3.11. The number of nitrogens with zero attached hydrogens (tertiary/aromatic N) is 3. The monoisotopic (exact) mass is 419 g/mol. The zero-order chi connectivity index (χ0) is 21.6. The van der Waals surface area contributed by atoms with Crippen LogP contribution in [0.2, 0.25) is 0 Å². The third kappa shape index (κ3) is 5.32. The van der Waals surface area contributed by atoms with E-state index < -0.39 is 0 Å². The summed E-state index contributed by atoms with van der Waals surface area (Å²) in [5, 5.41) is 3.95. The van der Waals surface area contributed by atoms with Gasteiger partial charge in [0.2, 0.25) is 5.91 Å². The molecule has 3 aromatic rings. The van der Waals surface area contributed by atoms with Gasteiger partial charge in [0.15, 0.2) is 0 Å². The van der Waals surface area contributed by atoms with Crippen molar-refractivity contribution in [2.75, 3.05) is 0 Å². The van der Waals surface area contributed by atoms with Crippen LogP contribution in [0.25, 0.3) is 0 Å². The summed E-state index contributed by atoms with van der Waals surface area (Å²) in [5.41, 5.74) is 3.50. The Kier molecular flexibility index (Phi) is 6.65. The van der Waals surface area contributed by atoms with E-state index in [2.05, 4.69) is 5.16 Å². The van der Waals surface area contributed by atoms with E-state index in [1.54, 1.807) is 4.57 Å². The summed E-state index contributed by atoms with van der Waals surface area (Å²) in [6.07, 6.45) is 8.07. The van der Waals surface area contributed by atoms with Crippen LogP contribution in [-0.4, -0.2) is 21.7 Å². The van der Waals surface area contributed by atoms with E-state index in [-0.39, 0.29) is 5.91 Å². The average molecular weight is 420 g/mol. The highest BCUT2D eigenvalue weighted by Crippen LogP contribution is 2.20. The van der Waals surface area contributed by atoms with E-state index in [9.17, 15) is 4.79 Å². The zero-order valence-corrected chi connectivity index (χ0v) is 18.2. The van der Waals surface area contributed by atoms with Crippen molar-refractivity contribution in [3.63, 3.8) is 0 Å². The number of aromatic nitrogens is 2. The maximum atomic E-state index is 13.0. The maximum Gasteiger partial charge on any atom is 0.236 e. The molecule has 0 bridgehead atoms. The van der Waals surface area contributed by atoms with Crippen LogP contribution in [0.15, 0.2) is 58.2 Å². The molecule has 6 heteroatoms. The van der Waals surface area contributed by atoms with E-state index in [1.165, 1.54) is 19.3 Å². The van der Waals surface area contributed by atoms with Crippen LogP contribution in [0.5, 0.6) is 5.75 Å². The van der Waals surface area contributed by atoms with Crippen molar-refractivity contribution in [2.24, 2.45) is 4.99 Å². The molecule has 1 aromatic carbocycles. The number of aryl methyl sites for hydroxylation is 2. The molecule has 0 spiro atoms. The van der Waals surface area contributed by atoms with Gasteiger partial charge in [-0.1, -0.05) is 42.6 Å². The highest BCUT2D eigenvalue weighted by atomic mass is 16.5. The highest BCUT2D eigenvalue weighted by molar-refractivity contribution is 5.81. The van der Waals surface area contributed by atoms with Gasteiger partial charge < -0.3 is 9.26 Å². The first-order valence-electron chi connectivity index (χ1n) is 11.0. The van der Waals surface area contributed by atoms with Gasteiger partial charge in [-0.25, -0.2) is 0 Å². The smallest absolute Gasteiger partial charge is 0.236 e. The first kappa shape index (κ1) is 21.1. The van der Waals surface area contributed by atoms with Crippen molar-refractivity contribution in [3.8, 4) is 5.75 Å². The minimum absolute atomic E-state index is 0.0135. The van der Waals surface area contributed by atoms with Gasteiger partial charge in [0.1, 0.15) is 23.6 Å². The molecular weight excluding hydrogens is 390 g/mol. The van der Waals surface area contributed by atoms with Crippen LogP contribution in [0, 0.1) is 13.8 Å². The highest BCUT2D eigenvalue weighted by Gasteiger charge is 2.13. The van der Waals surface area contributed by atoms with Gasteiger partial charge in [0.05, 0.1) is 23.7 Å². The fourth-order valence-electron chi connectivity index (χ4n) is 3.97. The topological polar surface area (TPSA) is 69.6 Å². The summed E-state index contributed by atoms with van der Waals surface area (Å²) in [6, 6.07) is 13.7. The number of carbonyl (C=O) groups excluding carboxylic acids is 1. The Labute approximate surface area is 182 Å². The molecule has 1 saturated carbocycles. The van der Waals surface area contributed by atoms with Gasteiger partial charge in [-0.15, -0.1) is 0 Å². The van der Waals surface area contributed by atoms with Gasteiger partial charge in [0, 0.05) is 6.20 Å². The van der Waals surface area contributed by atoms with Crippen LogP contribution in [0.4, 0.5) is 0 Å². The molecule has 4 rings (SSSR count). The molecule has 0 aliphatic heterocycles. The number of pyridine rings is 1. The normalized spacial score (nSPS) is 15.2. The Hall–Kier alpha value is -3.15. The Morgan fingerprint density at radius 2 is 1.90 bits per heavy atom. The number of hydrogen-bond donors (Lipinski definition) is 0. The first-order chi connectivity index (χ1) is 15.1. The van der Waals surface area contributed by atoms with Gasteiger partial charge in [-0.3, -0.25) is 14.4 Å². The number of ether oxygens (including phenoxy) is 1. The second-order valence-electron chi connectivity index (χ2n) is 8.16. The molecule has 0 atom stereocenters. The van der Waals surface area contributed by atoms with E-state index in [1.807, 2.05) is 62.5 Å². The Balaban J connectivity index is 1.42. The SMILES string of the molecule is Cc1noc(C)c1COc1ccc(CC(=O)n2ccccc2=NC2CCCCC2)cc1. The molecule has 0 N–H and O–H groups in total. The van der Waals surface area contributed by atoms with E-state index >= 15 is 0 Å². The molecule has 1 fully saturated rings. The molecule has 162 valence electrons. The van der Waals surface area contributed by atoms with E-state index in [0.717, 1.165) is 46.7 Å². The lowest BCUT2D eigenvalue weighted by Gasteiger charge is -2.17. The largest absolute Gasteiger partial charge is 0.489 e. The lowest BCUT2D eigenvalue weighted by atomic mass is 9.96. The van der Waals surface area contributed by atoms with Gasteiger partial charge in [-0.2, -0.15) is 0 Å². The van der Waals surface area contributed by atoms with Crippen molar-refractivity contribution >= 4 is 5.91 Å². The fraction of sp³-hybridized carbons (Fsp3) is 0.400. The Morgan fingerprint density at radius 3 is 2.61 bits per heavy atom. The van der Waals surface area contributed by atoms with E-state index in [0.29, 0.717) is 19.1 Å². The molecule has 0 amide bonds. The minimum atomic E-state index is 0.0135. The predicted molar refractivity (Wildman–Crippen MR) is 118 cm³/mol. The van der Waals surface area contributed by atoms with Crippen LogP contribution in [0.1, 0.15) is 59.5 Å². The lowest BCUT2D eigenvalue weighted by Crippen LogP contribution is -2.29. The number of carbonyl (C=O) groups is 1. The van der Waals surface area contributed by atoms with Crippen LogP contribution < -0.4 is 10.2 Å². The number of benzene rings is 1. The van der Waals surface area contributed by atoms with E-state index in [4.69, 9.17) is 14.3 Å². The van der Waals surface area contributed by atoms with Crippen molar-refractivity contribution in [1.29, 1.82) is 0 Å². The number of rotatable bonds is 6.